The lowest BCUT2D eigenvalue weighted by Gasteiger charge is -2.20. The molecule has 11 heteroatoms. The van der Waals surface area contributed by atoms with Crippen LogP contribution in [0.5, 0.6) is 5.75 Å². The topological polar surface area (TPSA) is 9.23 Å². The van der Waals surface area contributed by atoms with Crippen LogP contribution in [0.15, 0.2) is 54.6 Å². The third-order valence-electron chi connectivity index (χ3n) is 5.30. The predicted molar refractivity (Wildman–Crippen MR) is 113 cm³/mol. The smallest absolute Gasteiger partial charge is 0.429 e. The molecule has 0 saturated carbocycles. The van der Waals surface area contributed by atoms with Crippen molar-refractivity contribution in [1.29, 1.82) is 0 Å². The Morgan fingerprint density at radius 3 is 1.59 bits per heavy atom. The summed E-state index contributed by atoms with van der Waals surface area (Å²) < 4.78 is 146. The number of benzene rings is 4. The third-order valence-corrected chi connectivity index (χ3v) is 5.30. The molecular weight excluding hydrogens is 518 g/mol. The molecule has 0 atom stereocenters. The highest BCUT2D eigenvalue weighted by atomic mass is 19.3. The first-order valence-corrected chi connectivity index (χ1v) is 10.3. The number of alkyl halides is 2. The lowest BCUT2D eigenvalue weighted by molar-refractivity contribution is -0.189. The van der Waals surface area contributed by atoms with Crippen molar-refractivity contribution in [2.75, 3.05) is 0 Å². The molecule has 0 radical (unpaired) electrons. The van der Waals surface area contributed by atoms with Crippen LogP contribution in [0.2, 0.25) is 0 Å². The Morgan fingerprint density at radius 2 is 1.08 bits per heavy atom. The molecule has 0 aliphatic carbocycles. The van der Waals surface area contributed by atoms with Crippen LogP contribution in [0, 0.1) is 53.5 Å². The van der Waals surface area contributed by atoms with Gasteiger partial charge in [-0.25, -0.2) is 35.1 Å². The van der Waals surface area contributed by atoms with Crippen molar-refractivity contribution < 1.29 is 48.6 Å². The summed E-state index contributed by atoms with van der Waals surface area (Å²) in [5.74, 6) is -14.6. The maximum Gasteiger partial charge on any atom is 0.432 e. The Morgan fingerprint density at radius 1 is 0.568 bits per heavy atom. The van der Waals surface area contributed by atoms with E-state index in [0.29, 0.717) is 17.7 Å². The summed E-state index contributed by atoms with van der Waals surface area (Å²) in [5, 5.41) is 0. The monoisotopic (exact) mass is 530 g/mol. The molecule has 0 spiro atoms. The van der Waals surface area contributed by atoms with Crippen LogP contribution in [0.4, 0.5) is 43.9 Å². The van der Waals surface area contributed by atoms with E-state index in [1.54, 1.807) is 6.92 Å². The number of halogens is 10. The van der Waals surface area contributed by atoms with Crippen molar-refractivity contribution in [1.82, 2.24) is 0 Å². The van der Waals surface area contributed by atoms with Gasteiger partial charge in [0, 0.05) is 17.7 Å². The normalized spacial score (nSPS) is 11.6. The SMILES string of the molecule is Cc1ccc(-c2cc(F)c(-c3cc(F)c(C(F)(F)Oc4cc(F)c(F)c(F)c4)c(F)c3)c(F)c2)c(F)c1. The number of rotatable bonds is 5. The van der Waals surface area contributed by atoms with Gasteiger partial charge in [-0.05, 0) is 53.9 Å². The van der Waals surface area contributed by atoms with Gasteiger partial charge in [0.1, 0.15) is 40.4 Å². The second kappa shape index (κ2) is 9.45. The Labute approximate surface area is 202 Å². The van der Waals surface area contributed by atoms with Gasteiger partial charge in [-0.15, -0.1) is 0 Å². The van der Waals surface area contributed by atoms with Crippen LogP contribution in [-0.4, -0.2) is 0 Å². The summed E-state index contributed by atoms with van der Waals surface area (Å²) >= 11 is 0. The molecule has 0 amide bonds. The van der Waals surface area contributed by atoms with Crippen LogP contribution >= 0.6 is 0 Å². The summed E-state index contributed by atoms with van der Waals surface area (Å²) in [5.41, 5.74) is -3.70. The average molecular weight is 530 g/mol. The molecule has 4 aromatic rings. The molecule has 4 rings (SSSR count). The highest BCUT2D eigenvalue weighted by Crippen LogP contribution is 2.39. The molecule has 0 bridgehead atoms. The maximum absolute atomic E-state index is 14.8. The van der Waals surface area contributed by atoms with Gasteiger partial charge in [-0.3, -0.25) is 0 Å². The van der Waals surface area contributed by atoms with Crippen LogP contribution in [-0.2, 0) is 6.11 Å². The average Bonchev–Trinajstić information content (AvgIpc) is 2.76. The van der Waals surface area contributed by atoms with Crippen molar-refractivity contribution in [3.05, 3.63) is 112 Å². The zero-order valence-electron chi connectivity index (χ0n) is 18.4. The predicted octanol–water partition coefficient (Wildman–Crippen LogP) is 8.57. The van der Waals surface area contributed by atoms with E-state index in [1.807, 2.05) is 0 Å². The van der Waals surface area contributed by atoms with Gasteiger partial charge in [0.2, 0.25) is 0 Å². The Kier molecular flexibility index (Phi) is 6.66. The van der Waals surface area contributed by atoms with Crippen molar-refractivity contribution in [3.63, 3.8) is 0 Å². The Balaban J connectivity index is 1.73. The summed E-state index contributed by atoms with van der Waals surface area (Å²) in [6.07, 6.45) is -4.88. The number of aryl methyl sites for hydroxylation is 1. The van der Waals surface area contributed by atoms with Crippen LogP contribution in [0.25, 0.3) is 22.3 Å². The molecule has 0 saturated heterocycles. The second-order valence-corrected chi connectivity index (χ2v) is 7.93. The summed E-state index contributed by atoms with van der Waals surface area (Å²) in [6, 6.07) is 5.72. The second-order valence-electron chi connectivity index (χ2n) is 7.93. The molecule has 0 unspecified atom stereocenters. The number of ether oxygens (including phenoxy) is 1. The van der Waals surface area contributed by atoms with Crippen LogP contribution in [0.1, 0.15) is 11.1 Å². The highest BCUT2D eigenvalue weighted by Gasteiger charge is 2.42. The molecule has 0 heterocycles. The molecule has 0 fully saturated rings. The van der Waals surface area contributed by atoms with E-state index < -0.39 is 75.1 Å². The number of hydrogen-bond donors (Lipinski definition) is 0. The van der Waals surface area contributed by atoms with E-state index in [-0.39, 0.29) is 35.4 Å². The lowest BCUT2D eigenvalue weighted by atomic mass is 9.97. The highest BCUT2D eigenvalue weighted by molar-refractivity contribution is 5.72. The van der Waals surface area contributed by atoms with E-state index in [9.17, 15) is 43.9 Å². The molecule has 4 aromatic carbocycles. The van der Waals surface area contributed by atoms with Gasteiger partial charge in [-0.1, -0.05) is 12.1 Å². The first-order valence-electron chi connectivity index (χ1n) is 10.3. The molecule has 1 nitrogen and oxygen atoms in total. The zero-order chi connectivity index (χ0) is 27.2. The quantitative estimate of drug-likeness (QED) is 0.186. The summed E-state index contributed by atoms with van der Waals surface area (Å²) in [7, 11) is 0. The van der Waals surface area contributed by atoms with Gasteiger partial charge in [0.25, 0.3) is 0 Å². The summed E-state index contributed by atoms with van der Waals surface area (Å²) in [6.45, 7) is 1.59. The van der Waals surface area contributed by atoms with Crippen LogP contribution < -0.4 is 4.74 Å². The molecule has 0 aromatic heterocycles. The fourth-order valence-corrected chi connectivity index (χ4v) is 3.64. The van der Waals surface area contributed by atoms with E-state index in [1.165, 1.54) is 12.1 Å². The third kappa shape index (κ3) is 4.98. The molecule has 37 heavy (non-hydrogen) atoms. The van der Waals surface area contributed by atoms with E-state index >= 15 is 0 Å². The summed E-state index contributed by atoms with van der Waals surface area (Å²) in [4.78, 5) is 0. The largest absolute Gasteiger partial charge is 0.432 e. The first kappa shape index (κ1) is 26.1. The molecular formula is C26H12F10O. The molecule has 192 valence electrons. The van der Waals surface area contributed by atoms with E-state index in [4.69, 9.17) is 0 Å². The first-order chi connectivity index (χ1) is 17.3. The Hall–Kier alpha value is -4.02. The zero-order valence-corrected chi connectivity index (χ0v) is 18.4. The maximum atomic E-state index is 14.8. The van der Waals surface area contributed by atoms with Gasteiger partial charge in [0.05, 0.1) is 5.56 Å². The van der Waals surface area contributed by atoms with Crippen molar-refractivity contribution >= 4 is 0 Å². The van der Waals surface area contributed by atoms with Crippen molar-refractivity contribution in [2.45, 2.75) is 13.0 Å². The van der Waals surface area contributed by atoms with Gasteiger partial charge < -0.3 is 4.74 Å². The lowest BCUT2D eigenvalue weighted by Crippen LogP contribution is -2.25. The van der Waals surface area contributed by atoms with Gasteiger partial charge in [0.15, 0.2) is 17.5 Å². The standard InChI is InChI=1S/C26H12F10O/c1-11-2-3-15(16(27)4-11)12-5-17(28)23(18(29)6-12)13-7-19(30)24(20(31)8-13)26(35,36)37-14-9-21(32)25(34)22(33)10-14/h2-10H,1H3. The fraction of sp³-hybridized carbons (Fsp3) is 0.0769. The molecule has 0 aliphatic rings. The Bertz CT molecular complexity index is 1460. The van der Waals surface area contributed by atoms with E-state index in [0.717, 1.165) is 6.07 Å². The van der Waals surface area contributed by atoms with Crippen LogP contribution in [0.3, 0.4) is 0 Å². The molecule has 0 aliphatic heterocycles. The van der Waals surface area contributed by atoms with Crippen molar-refractivity contribution in [2.24, 2.45) is 0 Å². The fourth-order valence-electron chi connectivity index (χ4n) is 3.64. The van der Waals surface area contributed by atoms with Gasteiger partial charge >= 0.3 is 6.11 Å². The molecule has 0 N–H and O–H groups in total. The van der Waals surface area contributed by atoms with Gasteiger partial charge in [-0.2, -0.15) is 8.78 Å². The van der Waals surface area contributed by atoms with Crippen molar-refractivity contribution in [3.8, 4) is 28.0 Å². The van der Waals surface area contributed by atoms with E-state index in [2.05, 4.69) is 4.74 Å². The minimum absolute atomic E-state index is 0.0275. The minimum Gasteiger partial charge on any atom is -0.429 e. The number of hydrogen-bond acceptors (Lipinski definition) is 1. The minimum atomic E-state index is -4.88.